The lowest BCUT2D eigenvalue weighted by Crippen LogP contribution is -2.41. The quantitative estimate of drug-likeness (QED) is 0.686. The van der Waals surface area contributed by atoms with Crippen LogP contribution < -0.4 is 10.2 Å². The van der Waals surface area contributed by atoms with Crippen molar-refractivity contribution in [1.82, 2.24) is 10.2 Å². The van der Waals surface area contributed by atoms with Crippen molar-refractivity contribution in [2.24, 2.45) is 0 Å². The van der Waals surface area contributed by atoms with Crippen molar-refractivity contribution in [2.45, 2.75) is 17.9 Å². The Hall–Kier alpha value is -1.49. The van der Waals surface area contributed by atoms with Crippen LogP contribution in [0.2, 0.25) is 0 Å². The van der Waals surface area contributed by atoms with Gasteiger partial charge in [-0.15, -0.1) is 0 Å². The van der Waals surface area contributed by atoms with Crippen LogP contribution in [-0.4, -0.2) is 38.0 Å². The first-order valence-corrected chi connectivity index (χ1v) is 7.97. The van der Waals surface area contributed by atoms with Crippen molar-refractivity contribution in [3.05, 3.63) is 27.7 Å². The average Bonchev–Trinajstić information content (AvgIpc) is 2.77. The van der Waals surface area contributed by atoms with Crippen molar-refractivity contribution >= 4 is 37.8 Å². The van der Waals surface area contributed by atoms with Gasteiger partial charge in [-0.25, -0.2) is 18.7 Å². The molecule has 21 heavy (non-hydrogen) atoms. The molecule has 1 aromatic rings. The van der Waals surface area contributed by atoms with E-state index >= 15 is 0 Å². The molecule has 1 fully saturated rings. The number of aromatic carboxylic acids is 1. The Kier molecular flexibility index (Phi) is 4.33. The number of sulfonamides is 1. The fourth-order valence-electron chi connectivity index (χ4n) is 1.74. The maximum absolute atomic E-state index is 12.3. The summed E-state index contributed by atoms with van der Waals surface area (Å²) in [4.78, 5) is 26.8. The first-order valence-electron chi connectivity index (χ1n) is 5.70. The molecular formula is C11H11BrN2O6S. The predicted molar refractivity (Wildman–Crippen MR) is 74.0 cm³/mol. The van der Waals surface area contributed by atoms with Crippen molar-refractivity contribution in [2.75, 3.05) is 6.61 Å². The van der Waals surface area contributed by atoms with Crippen LogP contribution in [0.1, 0.15) is 15.9 Å². The normalized spacial score (nSPS) is 18.6. The lowest BCUT2D eigenvalue weighted by atomic mass is 10.1. The molecule has 8 nitrogen and oxygen atoms in total. The molecule has 0 unspecified atom stereocenters. The molecule has 1 heterocycles. The summed E-state index contributed by atoms with van der Waals surface area (Å²) in [7, 11) is -4.09. The first kappa shape index (κ1) is 15.9. The number of aryl methyl sites for hydroxylation is 1. The Labute approximate surface area is 128 Å². The van der Waals surface area contributed by atoms with Gasteiger partial charge in [-0.05, 0) is 40.5 Å². The second-order valence-electron chi connectivity index (χ2n) is 4.36. The average molecular weight is 379 g/mol. The lowest BCUT2D eigenvalue weighted by molar-refractivity contribution is -0.124. The predicted octanol–water partition coefficient (Wildman–Crippen LogP) is 0.164. The summed E-state index contributed by atoms with van der Waals surface area (Å²) in [5.74, 6) is -1.86. The number of hydrogen-bond acceptors (Lipinski definition) is 5. The molecule has 0 spiro atoms. The molecule has 2 rings (SSSR count). The standard InChI is InChI=1S/C11H11BrN2O6S/c1-5-2-6(11(16)17)3-8(9(5)12)21(18,19)14-7-4-20-13-10(7)15/h2-3,7,14H,4H2,1H3,(H,13,15)(H,16,17)/t7-/m1/s1. The summed E-state index contributed by atoms with van der Waals surface area (Å²) in [6.45, 7) is 1.42. The molecular weight excluding hydrogens is 368 g/mol. The highest BCUT2D eigenvalue weighted by Crippen LogP contribution is 2.27. The topological polar surface area (TPSA) is 122 Å². The van der Waals surface area contributed by atoms with E-state index in [1.54, 1.807) is 6.92 Å². The van der Waals surface area contributed by atoms with E-state index < -0.39 is 27.9 Å². The molecule has 1 aromatic carbocycles. The summed E-state index contributed by atoms with van der Waals surface area (Å²) in [5.41, 5.74) is 2.31. The van der Waals surface area contributed by atoms with Gasteiger partial charge in [-0.2, -0.15) is 4.72 Å². The Balaban J connectivity index is 2.44. The van der Waals surface area contributed by atoms with Crippen molar-refractivity contribution in [3.8, 4) is 0 Å². The van der Waals surface area contributed by atoms with Crippen molar-refractivity contribution in [3.63, 3.8) is 0 Å². The molecule has 1 atom stereocenters. The molecule has 1 amide bonds. The van der Waals surface area contributed by atoms with Gasteiger partial charge in [-0.1, -0.05) is 0 Å². The van der Waals surface area contributed by atoms with Crippen LogP contribution in [-0.2, 0) is 19.7 Å². The van der Waals surface area contributed by atoms with Gasteiger partial charge >= 0.3 is 5.97 Å². The summed E-state index contributed by atoms with van der Waals surface area (Å²) in [6.07, 6.45) is 0. The van der Waals surface area contributed by atoms with Gasteiger partial charge in [0.1, 0.15) is 12.6 Å². The van der Waals surface area contributed by atoms with E-state index in [4.69, 9.17) is 5.11 Å². The van der Waals surface area contributed by atoms with Gasteiger partial charge < -0.3 is 5.11 Å². The Morgan fingerprint density at radius 2 is 2.19 bits per heavy atom. The number of carbonyl (C=O) groups excluding carboxylic acids is 1. The number of halogens is 1. The minimum absolute atomic E-state index is 0.146. The van der Waals surface area contributed by atoms with Crippen molar-refractivity contribution < 1.29 is 28.0 Å². The first-order chi connectivity index (χ1) is 9.72. The number of hydroxylamine groups is 1. The second-order valence-corrected chi connectivity index (χ2v) is 6.84. The molecule has 0 aromatic heterocycles. The highest BCUT2D eigenvalue weighted by molar-refractivity contribution is 9.10. The summed E-state index contributed by atoms with van der Waals surface area (Å²) in [6, 6.07) is 1.31. The number of carboxylic acids is 1. The van der Waals surface area contributed by atoms with Crippen molar-refractivity contribution in [1.29, 1.82) is 0 Å². The highest BCUT2D eigenvalue weighted by Gasteiger charge is 2.32. The summed E-state index contributed by atoms with van der Waals surface area (Å²) >= 11 is 3.12. The Bertz CT molecular complexity index is 718. The van der Waals surface area contributed by atoms with Gasteiger partial charge in [0.15, 0.2) is 0 Å². The molecule has 114 valence electrons. The Morgan fingerprint density at radius 3 is 2.71 bits per heavy atom. The number of carboxylic acid groups (broad SMARTS) is 1. The van der Waals surface area contributed by atoms with Crippen LogP contribution in [0.5, 0.6) is 0 Å². The zero-order valence-corrected chi connectivity index (χ0v) is 13.1. The van der Waals surface area contributed by atoms with E-state index in [1.165, 1.54) is 6.07 Å². The zero-order valence-electron chi connectivity index (χ0n) is 10.7. The number of benzene rings is 1. The molecule has 0 bridgehead atoms. The summed E-state index contributed by atoms with van der Waals surface area (Å²) in [5, 5.41) is 9.00. The molecule has 0 aliphatic carbocycles. The number of rotatable bonds is 4. The van der Waals surface area contributed by atoms with E-state index in [2.05, 4.69) is 25.5 Å². The maximum Gasteiger partial charge on any atom is 0.335 e. The Morgan fingerprint density at radius 1 is 1.52 bits per heavy atom. The molecule has 10 heteroatoms. The smallest absolute Gasteiger partial charge is 0.335 e. The maximum atomic E-state index is 12.3. The van der Waals surface area contributed by atoms with E-state index in [0.717, 1.165) is 6.07 Å². The fourth-order valence-corrected chi connectivity index (χ4v) is 3.96. The van der Waals surface area contributed by atoms with Gasteiger partial charge in [0.05, 0.1) is 10.5 Å². The van der Waals surface area contributed by atoms with E-state index in [1.807, 2.05) is 5.48 Å². The third-order valence-electron chi connectivity index (χ3n) is 2.79. The SMILES string of the molecule is Cc1cc(C(=O)O)cc(S(=O)(=O)N[C@@H]2CONC2=O)c1Br. The van der Waals surface area contributed by atoms with Gasteiger partial charge in [-0.3, -0.25) is 9.63 Å². The second kappa shape index (κ2) is 5.72. The molecule has 1 aliphatic heterocycles. The lowest BCUT2D eigenvalue weighted by Gasteiger charge is -2.13. The zero-order chi connectivity index (χ0) is 15.8. The molecule has 3 N–H and O–H groups in total. The van der Waals surface area contributed by atoms with Crippen LogP contribution in [0.4, 0.5) is 0 Å². The van der Waals surface area contributed by atoms with E-state index in [-0.39, 0.29) is 21.5 Å². The van der Waals surface area contributed by atoms with Crippen LogP contribution >= 0.6 is 15.9 Å². The fraction of sp³-hybridized carbons (Fsp3) is 0.273. The molecule has 1 saturated heterocycles. The third-order valence-corrected chi connectivity index (χ3v) is 5.61. The minimum atomic E-state index is -4.09. The monoisotopic (exact) mass is 378 g/mol. The number of carbonyl (C=O) groups is 2. The van der Waals surface area contributed by atoms with E-state index in [9.17, 15) is 18.0 Å². The summed E-state index contributed by atoms with van der Waals surface area (Å²) < 4.78 is 27.0. The van der Waals surface area contributed by atoms with Crippen LogP contribution in [0.3, 0.4) is 0 Å². The minimum Gasteiger partial charge on any atom is -0.478 e. The van der Waals surface area contributed by atoms with Crippen LogP contribution in [0.25, 0.3) is 0 Å². The molecule has 1 aliphatic rings. The van der Waals surface area contributed by atoms with E-state index in [0.29, 0.717) is 5.56 Å². The third kappa shape index (κ3) is 3.23. The number of nitrogens with one attached hydrogen (secondary N) is 2. The highest BCUT2D eigenvalue weighted by atomic mass is 79.9. The largest absolute Gasteiger partial charge is 0.478 e. The molecule has 0 radical (unpaired) electrons. The van der Waals surface area contributed by atoms with Gasteiger partial charge in [0.2, 0.25) is 10.0 Å². The molecule has 0 saturated carbocycles. The van der Waals surface area contributed by atoms with Gasteiger partial charge in [0.25, 0.3) is 5.91 Å². The number of hydrogen-bond donors (Lipinski definition) is 3. The van der Waals surface area contributed by atoms with Crippen LogP contribution in [0, 0.1) is 6.92 Å². The van der Waals surface area contributed by atoms with Gasteiger partial charge in [0, 0.05) is 4.47 Å². The number of amides is 1. The van der Waals surface area contributed by atoms with Crippen LogP contribution in [0.15, 0.2) is 21.5 Å².